The molecule has 1 aromatic heterocycles. The Morgan fingerprint density at radius 1 is 1.65 bits per heavy atom. The molecule has 2 heterocycles. The van der Waals surface area contributed by atoms with E-state index in [1.807, 2.05) is 11.0 Å². The number of nitrogens with zero attached hydrogens (tertiary/aromatic N) is 2. The summed E-state index contributed by atoms with van der Waals surface area (Å²) in [6, 6.07) is 1.89. The van der Waals surface area contributed by atoms with Crippen molar-refractivity contribution < 1.29 is 4.79 Å². The average Bonchev–Trinajstić information content (AvgIpc) is 2.77. The van der Waals surface area contributed by atoms with Gasteiger partial charge in [0.25, 0.3) is 5.91 Å². The van der Waals surface area contributed by atoms with Crippen LogP contribution in [0, 0.1) is 5.92 Å². The largest absolute Gasteiger partial charge is 0.337 e. The number of amides is 1. The van der Waals surface area contributed by atoms with Gasteiger partial charge in [0.15, 0.2) is 0 Å². The Balaban J connectivity index is 2.02. The van der Waals surface area contributed by atoms with Crippen LogP contribution in [0.4, 0.5) is 0 Å². The van der Waals surface area contributed by atoms with E-state index < -0.39 is 0 Å². The number of H-pyrrole nitrogens is 1. The van der Waals surface area contributed by atoms with Crippen molar-refractivity contribution in [2.24, 2.45) is 5.92 Å². The molecule has 1 aliphatic rings. The molecule has 1 saturated heterocycles. The zero-order chi connectivity index (χ0) is 12.3. The van der Waals surface area contributed by atoms with E-state index >= 15 is 0 Å². The number of carbonyl (C=O) groups excluding carboxylic acids is 1. The lowest BCUT2D eigenvalue weighted by Gasteiger charge is -2.30. The van der Waals surface area contributed by atoms with Gasteiger partial charge >= 0.3 is 0 Å². The fraction of sp³-hybridized carbons (Fsp3) is 0.692. The van der Waals surface area contributed by atoms with Crippen LogP contribution < -0.4 is 0 Å². The Hall–Kier alpha value is -1.32. The van der Waals surface area contributed by atoms with Crippen LogP contribution >= 0.6 is 0 Å². The molecule has 1 aliphatic heterocycles. The molecule has 0 bridgehead atoms. The first-order chi connectivity index (χ1) is 8.20. The second-order valence-electron chi connectivity index (χ2n) is 5.03. The molecule has 1 unspecified atom stereocenters. The van der Waals surface area contributed by atoms with Crippen molar-refractivity contribution in [2.45, 2.75) is 39.5 Å². The zero-order valence-electron chi connectivity index (χ0n) is 10.7. The Kier molecular flexibility index (Phi) is 3.82. The topological polar surface area (TPSA) is 49.0 Å². The van der Waals surface area contributed by atoms with Gasteiger partial charge in [0.05, 0.1) is 0 Å². The van der Waals surface area contributed by atoms with Crippen LogP contribution in [0.2, 0.25) is 0 Å². The van der Waals surface area contributed by atoms with Crippen molar-refractivity contribution in [1.29, 1.82) is 0 Å². The molecular weight excluding hydrogens is 214 g/mol. The van der Waals surface area contributed by atoms with Crippen LogP contribution in [0.3, 0.4) is 0 Å². The molecule has 1 atom stereocenters. The number of hydrogen-bond acceptors (Lipinski definition) is 2. The number of aromatic nitrogens is 2. The second-order valence-corrected chi connectivity index (χ2v) is 5.03. The summed E-state index contributed by atoms with van der Waals surface area (Å²) < 4.78 is 0. The monoisotopic (exact) mass is 235 g/mol. The van der Waals surface area contributed by atoms with Crippen molar-refractivity contribution >= 4 is 5.91 Å². The predicted octanol–water partition coefficient (Wildman–Crippen LogP) is 2.23. The van der Waals surface area contributed by atoms with Gasteiger partial charge in [0.1, 0.15) is 5.69 Å². The van der Waals surface area contributed by atoms with E-state index in [1.165, 1.54) is 6.42 Å². The minimum atomic E-state index is 0.0788. The van der Waals surface area contributed by atoms with Crippen LogP contribution in [0.5, 0.6) is 0 Å². The van der Waals surface area contributed by atoms with Crippen LogP contribution in [0.25, 0.3) is 0 Å². The molecule has 0 aliphatic carbocycles. The molecule has 1 N–H and O–H groups in total. The number of aryl methyl sites for hydroxylation is 1. The molecule has 17 heavy (non-hydrogen) atoms. The fourth-order valence-corrected chi connectivity index (χ4v) is 2.40. The Bertz CT molecular complexity index is 386. The first kappa shape index (κ1) is 12.1. The molecule has 0 saturated carbocycles. The van der Waals surface area contributed by atoms with E-state index in [-0.39, 0.29) is 5.91 Å². The van der Waals surface area contributed by atoms with E-state index in [1.54, 1.807) is 0 Å². The minimum absolute atomic E-state index is 0.0788. The van der Waals surface area contributed by atoms with Crippen molar-refractivity contribution in [3.63, 3.8) is 0 Å². The summed E-state index contributed by atoms with van der Waals surface area (Å²) in [7, 11) is 0. The maximum absolute atomic E-state index is 12.2. The number of hydrogen-bond donors (Lipinski definition) is 1. The molecule has 94 valence electrons. The van der Waals surface area contributed by atoms with Gasteiger partial charge in [0, 0.05) is 18.8 Å². The molecule has 1 fully saturated rings. The third-order valence-corrected chi connectivity index (χ3v) is 3.31. The van der Waals surface area contributed by atoms with Gasteiger partial charge in [-0.25, -0.2) is 0 Å². The molecule has 1 aromatic rings. The number of piperidine rings is 1. The quantitative estimate of drug-likeness (QED) is 0.873. The molecule has 4 nitrogen and oxygen atoms in total. The lowest BCUT2D eigenvalue weighted by Crippen LogP contribution is -2.39. The number of nitrogens with one attached hydrogen (secondary N) is 1. The Morgan fingerprint density at radius 3 is 3.18 bits per heavy atom. The summed E-state index contributed by atoms with van der Waals surface area (Å²) >= 11 is 0. The maximum atomic E-state index is 12.2. The van der Waals surface area contributed by atoms with Crippen molar-refractivity contribution in [3.05, 3.63) is 17.5 Å². The predicted molar refractivity (Wildman–Crippen MR) is 66.9 cm³/mol. The molecule has 4 heteroatoms. The highest BCUT2D eigenvalue weighted by Gasteiger charge is 2.23. The first-order valence-electron chi connectivity index (χ1n) is 6.54. The number of carbonyl (C=O) groups is 1. The summed E-state index contributed by atoms with van der Waals surface area (Å²) in [5, 5.41) is 7.06. The van der Waals surface area contributed by atoms with Crippen LogP contribution in [-0.2, 0) is 6.42 Å². The summed E-state index contributed by atoms with van der Waals surface area (Å²) in [6.07, 6.45) is 4.36. The normalized spacial score (nSPS) is 20.6. The average molecular weight is 235 g/mol. The number of rotatable bonds is 3. The van der Waals surface area contributed by atoms with Gasteiger partial charge in [-0.1, -0.05) is 20.3 Å². The van der Waals surface area contributed by atoms with Crippen molar-refractivity contribution in [2.75, 3.05) is 13.1 Å². The number of likely N-dealkylation sites (tertiary alicyclic amines) is 1. The molecule has 0 spiro atoms. The molecular formula is C13H21N3O. The van der Waals surface area contributed by atoms with E-state index in [0.717, 1.165) is 38.0 Å². The van der Waals surface area contributed by atoms with Crippen molar-refractivity contribution in [3.8, 4) is 0 Å². The second kappa shape index (κ2) is 5.34. The summed E-state index contributed by atoms with van der Waals surface area (Å²) in [4.78, 5) is 14.1. The number of aromatic amines is 1. The van der Waals surface area contributed by atoms with E-state index in [2.05, 4.69) is 24.0 Å². The maximum Gasteiger partial charge on any atom is 0.274 e. The van der Waals surface area contributed by atoms with Gasteiger partial charge in [-0.05, 0) is 31.2 Å². The highest BCUT2D eigenvalue weighted by molar-refractivity contribution is 5.92. The standard InChI is InChI=1S/C13H21N3O/c1-3-5-11-8-12(15-14-11)13(17)16-7-4-6-10(2)9-16/h8,10H,3-7,9H2,1-2H3,(H,14,15). The molecule has 0 radical (unpaired) electrons. The van der Waals surface area contributed by atoms with Gasteiger partial charge in [0.2, 0.25) is 0 Å². The lowest BCUT2D eigenvalue weighted by atomic mass is 10.00. The highest BCUT2D eigenvalue weighted by Crippen LogP contribution is 2.17. The van der Waals surface area contributed by atoms with E-state index in [4.69, 9.17) is 0 Å². The Morgan fingerprint density at radius 2 is 2.47 bits per heavy atom. The Labute approximate surface area is 102 Å². The smallest absolute Gasteiger partial charge is 0.274 e. The zero-order valence-corrected chi connectivity index (χ0v) is 10.7. The molecule has 1 amide bonds. The SMILES string of the molecule is CCCc1cc(C(=O)N2CCCC(C)C2)n[nH]1. The van der Waals surface area contributed by atoms with Crippen LogP contribution in [0.15, 0.2) is 6.07 Å². The fourth-order valence-electron chi connectivity index (χ4n) is 2.40. The summed E-state index contributed by atoms with van der Waals surface area (Å²) in [6.45, 7) is 6.06. The van der Waals surface area contributed by atoms with Gasteiger partial charge in [-0.15, -0.1) is 0 Å². The highest BCUT2D eigenvalue weighted by atomic mass is 16.2. The van der Waals surface area contributed by atoms with E-state index in [0.29, 0.717) is 11.6 Å². The van der Waals surface area contributed by atoms with Crippen LogP contribution in [-0.4, -0.2) is 34.1 Å². The van der Waals surface area contributed by atoms with Crippen LogP contribution in [0.1, 0.15) is 49.3 Å². The third-order valence-electron chi connectivity index (χ3n) is 3.31. The molecule has 0 aromatic carbocycles. The summed E-state index contributed by atoms with van der Waals surface area (Å²) in [5.74, 6) is 0.692. The minimum Gasteiger partial charge on any atom is -0.337 e. The van der Waals surface area contributed by atoms with E-state index in [9.17, 15) is 4.79 Å². The summed E-state index contributed by atoms with van der Waals surface area (Å²) in [5.41, 5.74) is 1.63. The van der Waals surface area contributed by atoms with Gasteiger partial charge in [-0.2, -0.15) is 5.10 Å². The third kappa shape index (κ3) is 2.87. The van der Waals surface area contributed by atoms with Crippen molar-refractivity contribution in [1.82, 2.24) is 15.1 Å². The first-order valence-corrected chi connectivity index (χ1v) is 6.54. The van der Waals surface area contributed by atoms with Gasteiger partial charge in [-0.3, -0.25) is 9.89 Å². The lowest BCUT2D eigenvalue weighted by molar-refractivity contribution is 0.0677. The molecule has 2 rings (SSSR count). The van der Waals surface area contributed by atoms with Gasteiger partial charge < -0.3 is 4.90 Å².